The molecule has 0 aliphatic carbocycles. The van der Waals surface area contributed by atoms with Crippen LogP contribution in [-0.4, -0.2) is 33.9 Å². The van der Waals surface area contributed by atoms with Crippen molar-refractivity contribution >= 4 is 17.5 Å². The van der Waals surface area contributed by atoms with E-state index in [0.29, 0.717) is 11.6 Å². The predicted molar refractivity (Wildman–Crippen MR) is 92.5 cm³/mol. The number of nitrogens with zero attached hydrogens (tertiary/aromatic N) is 4. The standard InChI is InChI=1S/C17H19N5O3/c1-12-9-14(20-17(19-12)21-7-2-3-8-21)11-18-16(23)13-5-4-6-15(10-13)22(24)25/h4-6,9-10H,2-3,7-8,11H2,1H3,(H,18,23). The molecule has 1 aliphatic rings. The maximum absolute atomic E-state index is 12.2. The normalized spacial score (nSPS) is 13.7. The fourth-order valence-electron chi connectivity index (χ4n) is 2.80. The first-order chi connectivity index (χ1) is 12.0. The fraction of sp³-hybridized carbons (Fsp3) is 0.353. The number of aromatic nitrogens is 2. The third-order valence-corrected chi connectivity index (χ3v) is 4.03. The van der Waals surface area contributed by atoms with E-state index in [2.05, 4.69) is 20.2 Å². The molecular formula is C17H19N5O3. The molecule has 8 nitrogen and oxygen atoms in total. The number of aryl methyl sites for hydroxylation is 1. The van der Waals surface area contributed by atoms with Crippen molar-refractivity contribution in [2.75, 3.05) is 18.0 Å². The minimum atomic E-state index is -0.521. The lowest BCUT2D eigenvalue weighted by molar-refractivity contribution is -0.384. The molecule has 1 saturated heterocycles. The van der Waals surface area contributed by atoms with Crippen molar-refractivity contribution in [2.24, 2.45) is 0 Å². The summed E-state index contributed by atoms with van der Waals surface area (Å²) in [5.74, 6) is 0.319. The Bertz CT molecular complexity index is 803. The molecule has 1 N–H and O–H groups in total. The van der Waals surface area contributed by atoms with Crippen LogP contribution < -0.4 is 10.2 Å². The van der Waals surface area contributed by atoms with Gasteiger partial charge in [-0.3, -0.25) is 14.9 Å². The van der Waals surface area contributed by atoms with E-state index in [9.17, 15) is 14.9 Å². The number of nitrogens with one attached hydrogen (secondary N) is 1. The fourth-order valence-corrected chi connectivity index (χ4v) is 2.80. The van der Waals surface area contributed by atoms with Gasteiger partial charge in [0.05, 0.1) is 17.2 Å². The van der Waals surface area contributed by atoms with Crippen molar-refractivity contribution in [1.29, 1.82) is 0 Å². The number of carbonyl (C=O) groups is 1. The van der Waals surface area contributed by atoms with E-state index in [1.165, 1.54) is 18.2 Å². The Morgan fingerprint density at radius 2 is 2.04 bits per heavy atom. The molecule has 25 heavy (non-hydrogen) atoms. The smallest absolute Gasteiger partial charge is 0.270 e. The second kappa shape index (κ2) is 7.25. The van der Waals surface area contributed by atoms with Crippen LogP contribution in [0.15, 0.2) is 30.3 Å². The van der Waals surface area contributed by atoms with Gasteiger partial charge in [-0.15, -0.1) is 0 Å². The summed E-state index contributed by atoms with van der Waals surface area (Å²) >= 11 is 0. The number of hydrogen-bond donors (Lipinski definition) is 1. The van der Waals surface area contributed by atoms with Gasteiger partial charge in [0.25, 0.3) is 11.6 Å². The number of nitro benzene ring substituents is 1. The van der Waals surface area contributed by atoms with Crippen molar-refractivity contribution in [3.63, 3.8) is 0 Å². The first-order valence-corrected chi connectivity index (χ1v) is 8.15. The largest absolute Gasteiger partial charge is 0.346 e. The van der Waals surface area contributed by atoms with E-state index >= 15 is 0 Å². The highest BCUT2D eigenvalue weighted by Crippen LogP contribution is 2.17. The van der Waals surface area contributed by atoms with Gasteiger partial charge in [0.1, 0.15) is 0 Å². The molecule has 0 bridgehead atoms. The molecule has 1 aromatic heterocycles. The van der Waals surface area contributed by atoms with Crippen LogP contribution in [0.25, 0.3) is 0 Å². The van der Waals surface area contributed by atoms with Crippen LogP contribution in [-0.2, 0) is 6.54 Å². The molecule has 1 fully saturated rings. The Labute approximate surface area is 145 Å². The van der Waals surface area contributed by atoms with Crippen molar-refractivity contribution in [3.8, 4) is 0 Å². The summed E-state index contributed by atoms with van der Waals surface area (Å²) in [4.78, 5) is 33.6. The lowest BCUT2D eigenvalue weighted by Gasteiger charge is -2.16. The number of amides is 1. The number of carbonyl (C=O) groups excluding carboxylic acids is 1. The number of hydrogen-bond acceptors (Lipinski definition) is 6. The Balaban J connectivity index is 1.69. The first kappa shape index (κ1) is 16.8. The van der Waals surface area contributed by atoms with E-state index in [4.69, 9.17) is 0 Å². The highest BCUT2D eigenvalue weighted by molar-refractivity contribution is 5.94. The molecule has 130 valence electrons. The molecule has 0 saturated carbocycles. The molecule has 1 amide bonds. The van der Waals surface area contributed by atoms with Gasteiger partial charge < -0.3 is 10.2 Å². The van der Waals surface area contributed by atoms with Crippen LogP contribution >= 0.6 is 0 Å². The van der Waals surface area contributed by atoms with Crippen LogP contribution in [0, 0.1) is 17.0 Å². The molecule has 0 radical (unpaired) electrons. The molecule has 2 heterocycles. The van der Waals surface area contributed by atoms with Crippen molar-refractivity contribution in [1.82, 2.24) is 15.3 Å². The lowest BCUT2D eigenvalue weighted by atomic mass is 10.2. The summed E-state index contributed by atoms with van der Waals surface area (Å²) < 4.78 is 0. The van der Waals surface area contributed by atoms with E-state index in [-0.39, 0.29) is 23.7 Å². The van der Waals surface area contributed by atoms with Gasteiger partial charge in [0.2, 0.25) is 5.95 Å². The van der Waals surface area contributed by atoms with Gasteiger partial charge >= 0.3 is 0 Å². The third-order valence-electron chi connectivity index (χ3n) is 4.03. The Hall–Kier alpha value is -3.03. The van der Waals surface area contributed by atoms with Crippen molar-refractivity contribution in [2.45, 2.75) is 26.3 Å². The lowest BCUT2D eigenvalue weighted by Crippen LogP contribution is -2.25. The summed E-state index contributed by atoms with van der Waals surface area (Å²) in [5, 5.41) is 13.6. The highest BCUT2D eigenvalue weighted by atomic mass is 16.6. The maximum atomic E-state index is 12.2. The number of anilines is 1. The summed E-state index contributed by atoms with van der Waals surface area (Å²) in [6, 6.07) is 7.48. The molecule has 0 atom stereocenters. The Morgan fingerprint density at radius 3 is 2.76 bits per heavy atom. The third kappa shape index (κ3) is 4.09. The molecule has 1 aliphatic heterocycles. The molecule has 1 aromatic carbocycles. The zero-order valence-electron chi connectivity index (χ0n) is 13.9. The van der Waals surface area contributed by atoms with E-state index in [1.807, 2.05) is 13.0 Å². The molecule has 0 spiro atoms. The Kier molecular flexibility index (Phi) is 4.87. The van der Waals surface area contributed by atoms with E-state index in [1.54, 1.807) is 6.07 Å². The topological polar surface area (TPSA) is 101 Å². The monoisotopic (exact) mass is 341 g/mol. The van der Waals surface area contributed by atoms with E-state index < -0.39 is 4.92 Å². The zero-order valence-corrected chi connectivity index (χ0v) is 13.9. The minimum absolute atomic E-state index is 0.109. The molecule has 2 aromatic rings. The first-order valence-electron chi connectivity index (χ1n) is 8.15. The summed E-state index contributed by atoms with van der Waals surface area (Å²) in [5.41, 5.74) is 1.70. The molecular weight excluding hydrogens is 322 g/mol. The van der Waals surface area contributed by atoms with Crippen LogP contribution in [0.3, 0.4) is 0 Å². The maximum Gasteiger partial charge on any atom is 0.270 e. The van der Waals surface area contributed by atoms with Crippen molar-refractivity contribution in [3.05, 3.63) is 57.4 Å². The minimum Gasteiger partial charge on any atom is -0.346 e. The molecule has 0 unspecified atom stereocenters. The number of benzene rings is 1. The predicted octanol–water partition coefficient (Wildman–Crippen LogP) is 2.22. The quantitative estimate of drug-likeness (QED) is 0.661. The van der Waals surface area contributed by atoms with Crippen LogP contribution in [0.2, 0.25) is 0 Å². The summed E-state index contributed by atoms with van der Waals surface area (Å²) in [6.07, 6.45) is 2.27. The SMILES string of the molecule is Cc1cc(CNC(=O)c2cccc([N+](=O)[O-])c2)nc(N2CCCC2)n1. The van der Waals surface area contributed by atoms with Crippen molar-refractivity contribution < 1.29 is 9.72 Å². The Morgan fingerprint density at radius 1 is 1.28 bits per heavy atom. The number of rotatable bonds is 5. The van der Waals surface area contributed by atoms with Gasteiger partial charge in [-0.25, -0.2) is 9.97 Å². The number of non-ortho nitro benzene ring substituents is 1. The van der Waals surface area contributed by atoms with Crippen LogP contribution in [0.4, 0.5) is 11.6 Å². The second-order valence-electron chi connectivity index (χ2n) is 5.98. The zero-order chi connectivity index (χ0) is 17.8. The second-order valence-corrected chi connectivity index (χ2v) is 5.98. The van der Waals surface area contributed by atoms with Gasteiger partial charge in [0.15, 0.2) is 0 Å². The molecule has 3 rings (SSSR count). The summed E-state index contributed by atoms with van der Waals surface area (Å²) in [7, 11) is 0. The average Bonchev–Trinajstić information content (AvgIpc) is 3.14. The van der Waals surface area contributed by atoms with Gasteiger partial charge in [-0.2, -0.15) is 0 Å². The number of nitro groups is 1. The van der Waals surface area contributed by atoms with Gasteiger partial charge in [0, 0.05) is 36.5 Å². The van der Waals surface area contributed by atoms with Gasteiger partial charge in [-0.1, -0.05) is 6.07 Å². The average molecular weight is 341 g/mol. The van der Waals surface area contributed by atoms with Crippen LogP contribution in [0.5, 0.6) is 0 Å². The van der Waals surface area contributed by atoms with Crippen LogP contribution in [0.1, 0.15) is 34.6 Å². The summed E-state index contributed by atoms with van der Waals surface area (Å²) in [6.45, 7) is 4.03. The van der Waals surface area contributed by atoms with Gasteiger partial charge in [-0.05, 0) is 31.9 Å². The van der Waals surface area contributed by atoms with E-state index in [0.717, 1.165) is 31.6 Å². The highest BCUT2D eigenvalue weighted by Gasteiger charge is 2.16. The molecule has 8 heteroatoms.